The van der Waals surface area contributed by atoms with Gasteiger partial charge in [0.2, 0.25) is 4.80 Å². The van der Waals surface area contributed by atoms with Crippen LogP contribution in [0.15, 0.2) is 52.5 Å². The van der Waals surface area contributed by atoms with Crippen molar-refractivity contribution in [2.75, 3.05) is 0 Å². The van der Waals surface area contributed by atoms with Gasteiger partial charge in [0, 0.05) is 7.05 Å². The van der Waals surface area contributed by atoms with E-state index in [0.717, 1.165) is 11.1 Å². The maximum Gasteiger partial charge on any atom is 0.335 e. The molecule has 9 heteroatoms. The summed E-state index contributed by atoms with van der Waals surface area (Å²) in [6, 6.07) is 11.1. The third kappa shape index (κ3) is 3.42. The molecule has 0 unspecified atom stereocenters. The third-order valence-electron chi connectivity index (χ3n) is 3.65. The lowest BCUT2D eigenvalue weighted by molar-refractivity contribution is 0.0697. The van der Waals surface area contributed by atoms with Crippen molar-refractivity contribution >= 4 is 37.5 Å². The largest absolute Gasteiger partial charge is 0.478 e. The second-order valence-corrected chi connectivity index (χ2v) is 8.12. The van der Waals surface area contributed by atoms with Crippen LogP contribution >= 0.6 is 11.3 Å². The number of carboxylic acid groups (broad SMARTS) is 1. The fourth-order valence-electron chi connectivity index (χ4n) is 2.24. The molecule has 0 aliphatic heterocycles. The molecule has 0 amide bonds. The van der Waals surface area contributed by atoms with Gasteiger partial charge in [0.1, 0.15) is 0 Å². The monoisotopic (exact) mass is 377 g/mol. The zero-order valence-electron chi connectivity index (χ0n) is 13.4. The Hall–Kier alpha value is -2.65. The number of rotatable bonds is 4. The zero-order chi connectivity index (χ0) is 18.2. The fraction of sp³-hybridized carbons (Fsp3) is 0.125. The molecule has 2 aromatic carbocycles. The van der Waals surface area contributed by atoms with Gasteiger partial charge in [0.25, 0.3) is 10.0 Å². The van der Waals surface area contributed by atoms with Crippen LogP contribution in [0.5, 0.6) is 0 Å². The smallest absolute Gasteiger partial charge is 0.335 e. The Morgan fingerprint density at radius 3 is 2.52 bits per heavy atom. The summed E-state index contributed by atoms with van der Waals surface area (Å²) in [4.78, 5) is 13.8. The van der Waals surface area contributed by atoms with E-state index < -0.39 is 16.0 Å². The first kappa shape index (κ1) is 17.2. The molecular formula is C16H15N3O4S2. The van der Waals surface area contributed by atoms with Crippen LogP contribution in [0, 0.1) is 6.92 Å². The summed E-state index contributed by atoms with van der Waals surface area (Å²) in [5, 5.41) is 13.0. The molecule has 7 nitrogen and oxygen atoms in total. The van der Waals surface area contributed by atoms with Gasteiger partial charge in [0.15, 0.2) is 0 Å². The maximum absolute atomic E-state index is 12.3. The van der Waals surface area contributed by atoms with Crippen molar-refractivity contribution < 1.29 is 18.3 Å². The number of carboxylic acids is 1. The zero-order valence-corrected chi connectivity index (χ0v) is 15.1. The average molecular weight is 377 g/mol. The van der Waals surface area contributed by atoms with Crippen molar-refractivity contribution in [1.82, 2.24) is 9.40 Å². The van der Waals surface area contributed by atoms with E-state index in [4.69, 9.17) is 5.11 Å². The van der Waals surface area contributed by atoms with E-state index in [1.807, 2.05) is 6.92 Å². The Kier molecular flexibility index (Phi) is 4.36. The number of benzene rings is 2. The lowest BCUT2D eigenvalue weighted by atomic mass is 10.2. The topological polar surface area (TPSA) is 101 Å². The average Bonchev–Trinajstić information content (AvgIpc) is 2.89. The van der Waals surface area contributed by atoms with Gasteiger partial charge >= 0.3 is 5.97 Å². The van der Waals surface area contributed by atoms with Crippen LogP contribution < -0.4 is 9.63 Å². The number of aromatic carboxylic acids is 1. The van der Waals surface area contributed by atoms with Crippen LogP contribution in [0.2, 0.25) is 0 Å². The Labute approximate surface area is 147 Å². The number of nitrogens with one attached hydrogen (secondary N) is 1. The van der Waals surface area contributed by atoms with Crippen LogP contribution in [-0.4, -0.2) is 24.1 Å². The number of carbonyl (C=O) groups is 1. The van der Waals surface area contributed by atoms with Gasteiger partial charge in [-0.3, -0.25) is 0 Å². The second-order valence-electron chi connectivity index (χ2n) is 5.45. The molecule has 0 atom stereocenters. The van der Waals surface area contributed by atoms with Gasteiger partial charge in [-0.2, -0.15) is 13.2 Å². The molecule has 0 aliphatic carbocycles. The lowest BCUT2D eigenvalue weighted by Gasteiger charge is -2.03. The first-order chi connectivity index (χ1) is 11.8. The number of thiazole rings is 1. The predicted molar refractivity (Wildman–Crippen MR) is 94.8 cm³/mol. The second kappa shape index (κ2) is 6.34. The molecule has 2 N–H and O–H groups in total. The van der Waals surface area contributed by atoms with Crippen molar-refractivity contribution in [3.8, 4) is 0 Å². The minimum Gasteiger partial charge on any atom is -0.478 e. The van der Waals surface area contributed by atoms with Crippen molar-refractivity contribution in [3.63, 3.8) is 0 Å². The summed E-state index contributed by atoms with van der Waals surface area (Å²) in [5.41, 5.74) is 1.89. The molecule has 0 radical (unpaired) electrons. The van der Waals surface area contributed by atoms with Crippen LogP contribution in [0.4, 0.5) is 0 Å². The minimum absolute atomic E-state index is 0.124. The number of hydrogen-bond acceptors (Lipinski definition) is 5. The fourth-order valence-corrected chi connectivity index (χ4v) is 4.13. The Bertz CT molecular complexity index is 1130. The summed E-state index contributed by atoms with van der Waals surface area (Å²) in [6.07, 6.45) is 0. The van der Waals surface area contributed by atoms with Gasteiger partial charge in [-0.15, -0.1) is 5.10 Å². The quantitative estimate of drug-likeness (QED) is 0.680. The summed E-state index contributed by atoms with van der Waals surface area (Å²) >= 11 is 1.20. The number of hydrogen-bond donors (Lipinski definition) is 2. The Morgan fingerprint density at radius 2 is 1.88 bits per heavy atom. The van der Waals surface area contributed by atoms with Gasteiger partial charge in [-0.05, 0) is 37.3 Å². The highest BCUT2D eigenvalue weighted by Crippen LogP contribution is 2.18. The van der Waals surface area contributed by atoms with Crippen LogP contribution in [0.1, 0.15) is 15.9 Å². The molecule has 0 saturated carbocycles. The number of fused-ring (bicyclic) bond motifs is 1. The summed E-state index contributed by atoms with van der Waals surface area (Å²) in [6.45, 7) is 1.87. The van der Waals surface area contributed by atoms with Gasteiger partial charge in [0.05, 0.1) is 20.7 Å². The number of nitrogens with zero attached hydrogens (tertiary/aromatic N) is 2. The third-order valence-corrected chi connectivity index (χ3v) is 5.97. The molecule has 3 rings (SSSR count). The van der Waals surface area contributed by atoms with Crippen LogP contribution in [0.25, 0.3) is 10.2 Å². The molecule has 1 aromatic heterocycles. The van der Waals surface area contributed by atoms with Gasteiger partial charge in [-0.1, -0.05) is 29.0 Å². The van der Waals surface area contributed by atoms with E-state index in [1.165, 1.54) is 35.6 Å². The number of aromatic nitrogens is 1. The van der Waals surface area contributed by atoms with E-state index in [0.29, 0.717) is 9.50 Å². The molecule has 0 fully saturated rings. The highest BCUT2D eigenvalue weighted by Gasteiger charge is 2.13. The number of sulfonamides is 1. The van der Waals surface area contributed by atoms with Gasteiger partial charge in [-0.25, -0.2) is 4.79 Å². The molecular weight excluding hydrogens is 362 g/mol. The Morgan fingerprint density at radius 1 is 1.20 bits per heavy atom. The molecule has 3 aromatic rings. The van der Waals surface area contributed by atoms with E-state index in [9.17, 15) is 13.2 Å². The van der Waals surface area contributed by atoms with Crippen LogP contribution in [-0.2, 0) is 17.1 Å². The maximum atomic E-state index is 12.3. The van der Waals surface area contributed by atoms with Crippen molar-refractivity contribution in [2.45, 2.75) is 11.8 Å². The highest BCUT2D eigenvalue weighted by atomic mass is 32.2. The molecule has 130 valence electrons. The molecule has 0 saturated heterocycles. The normalized spacial score (nSPS) is 12.5. The summed E-state index contributed by atoms with van der Waals surface area (Å²) < 4.78 is 27.0. The molecule has 25 heavy (non-hydrogen) atoms. The highest BCUT2D eigenvalue weighted by molar-refractivity contribution is 7.89. The van der Waals surface area contributed by atoms with Crippen LogP contribution in [0.3, 0.4) is 0 Å². The lowest BCUT2D eigenvalue weighted by Crippen LogP contribution is -2.23. The van der Waals surface area contributed by atoms with Crippen molar-refractivity contribution in [3.05, 3.63) is 58.4 Å². The van der Waals surface area contributed by atoms with E-state index >= 15 is 0 Å². The van der Waals surface area contributed by atoms with Gasteiger partial charge < -0.3 is 9.67 Å². The summed E-state index contributed by atoms with van der Waals surface area (Å²) in [7, 11) is -2.03. The molecule has 1 heterocycles. The first-order valence-electron chi connectivity index (χ1n) is 7.23. The minimum atomic E-state index is -3.77. The number of aryl methyl sites for hydroxylation is 2. The van der Waals surface area contributed by atoms with E-state index in [1.54, 1.807) is 29.8 Å². The van der Waals surface area contributed by atoms with E-state index in [-0.39, 0.29) is 10.5 Å². The summed E-state index contributed by atoms with van der Waals surface area (Å²) in [5.74, 6) is -1.02. The SMILES string of the molecule is Cc1ccc(S(=O)(=O)N/N=c2/sc3cc(C(=O)O)ccc3n2C)cc1. The first-order valence-corrected chi connectivity index (χ1v) is 9.53. The predicted octanol–water partition coefficient (Wildman–Crippen LogP) is 2.04. The van der Waals surface area contributed by atoms with E-state index in [2.05, 4.69) is 9.93 Å². The molecule has 0 bridgehead atoms. The molecule has 0 aliphatic rings. The van der Waals surface area contributed by atoms with Crippen molar-refractivity contribution in [1.29, 1.82) is 0 Å². The Balaban J connectivity index is 1.99. The van der Waals surface area contributed by atoms with Crippen molar-refractivity contribution in [2.24, 2.45) is 12.1 Å². The molecule has 0 spiro atoms. The standard InChI is InChI=1S/C16H15N3O4S2/c1-10-3-6-12(7-4-10)25(22,23)18-17-16-19(2)13-8-5-11(15(20)21)9-14(13)24-16/h3-9,18H,1-2H3,(H,20,21)/b17-16+.